The fraction of sp³-hybridized carbons (Fsp3) is 0.0714. The number of carbonyl (C=O) groups is 1. The number of carbonyl (C=O) groups excluding carboxylic acids is 1. The van der Waals surface area contributed by atoms with Gasteiger partial charge in [-0.2, -0.15) is 0 Å². The van der Waals surface area contributed by atoms with Gasteiger partial charge in [-0.1, -0.05) is 35.3 Å². The third kappa shape index (κ3) is 3.38. The lowest BCUT2D eigenvalue weighted by Gasteiger charge is -2.08. The molecule has 88 valence electrons. The highest BCUT2D eigenvalue weighted by atomic mass is 16.2. The first kappa shape index (κ1) is 12.2. The van der Waals surface area contributed by atoms with Gasteiger partial charge in [0.1, 0.15) is 7.85 Å². The molecule has 0 aliphatic carbocycles. The molecule has 0 unspecified atom stereocenters. The topological polar surface area (TPSA) is 41.1 Å². The number of nitrogens with one attached hydrogen (secondary N) is 2. The molecule has 0 fully saturated rings. The van der Waals surface area contributed by atoms with E-state index in [0.717, 1.165) is 11.3 Å². The van der Waals surface area contributed by atoms with E-state index in [1.54, 1.807) is 24.3 Å². The van der Waals surface area contributed by atoms with Crippen LogP contribution in [0.3, 0.4) is 0 Å². The molecule has 0 saturated heterocycles. The Morgan fingerprint density at radius 1 is 1.00 bits per heavy atom. The van der Waals surface area contributed by atoms with E-state index in [1.807, 2.05) is 31.2 Å². The van der Waals surface area contributed by atoms with Crippen molar-refractivity contribution in [2.45, 2.75) is 6.92 Å². The van der Waals surface area contributed by atoms with E-state index in [1.165, 1.54) is 0 Å². The van der Waals surface area contributed by atoms with Crippen molar-refractivity contribution in [1.29, 1.82) is 0 Å². The predicted molar refractivity (Wildman–Crippen MR) is 75.7 cm³/mol. The summed E-state index contributed by atoms with van der Waals surface area (Å²) in [6.07, 6.45) is 0. The van der Waals surface area contributed by atoms with Crippen LogP contribution in [-0.4, -0.2) is 13.9 Å². The summed E-state index contributed by atoms with van der Waals surface area (Å²) in [5.41, 5.74) is 3.18. The SMILES string of the molecule is [B]c1cccc(NC(=O)Nc2ccc(C)cc2)c1. The molecule has 2 N–H and O–H groups in total. The Labute approximate surface area is 108 Å². The highest BCUT2D eigenvalue weighted by Gasteiger charge is 2.02. The lowest BCUT2D eigenvalue weighted by molar-refractivity contribution is 0.262. The van der Waals surface area contributed by atoms with Crippen molar-refractivity contribution >= 4 is 30.7 Å². The molecule has 0 bridgehead atoms. The van der Waals surface area contributed by atoms with Crippen LogP contribution >= 0.6 is 0 Å². The highest BCUT2D eigenvalue weighted by Crippen LogP contribution is 2.10. The van der Waals surface area contributed by atoms with Gasteiger partial charge in [0.05, 0.1) is 0 Å². The first-order valence-corrected chi connectivity index (χ1v) is 5.64. The second-order valence-electron chi connectivity index (χ2n) is 4.07. The molecular weight excluding hydrogens is 223 g/mol. The van der Waals surface area contributed by atoms with Crippen molar-refractivity contribution in [2.24, 2.45) is 0 Å². The minimum atomic E-state index is -0.288. The second kappa shape index (κ2) is 5.40. The van der Waals surface area contributed by atoms with Gasteiger partial charge in [-0.25, -0.2) is 4.79 Å². The maximum atomic E-state index is 11.7. The van der Waals surface area contributed by atoms with Gasteiger partial charge in [0.15, 0.2) is 0 Å². The van der Waals surface area contributed by atoms with E-state index in [9.17, 15) is 4.79 Å². The number of anilines is 2. The fourth-order valence-electron chi connectivity index (χ4n) is 1.55. The summed E-state index contributed by atoms with van der Waals surface area (Å²) in [7, 11) is 5.63. The molecule has 2 aromatic rings. The van der Waals surface area contributed by atoms with Crippen LogP contribution in [0.25, 0.3) is 0 Å². The first-order chi connectivity index (χ1) is 8.63. The number of amides is 2. The highest BCUT2D eigenvalue weighted by molar-refractivity contribution is 6.32. The molecule has 2 radical (unpaired) electrons. The summed E-state index contributed by atoms with van der Waals surface area (Å²) in [6, 6.07) is 14.3. The molecule has 0 atom stereocenters. The molecule has 18 heavy (non-hydrogen) atoms. The van der Waals surface area contributed by atoms with Gasteiger partial charge >= 0.3 is 6.03 Å². The standard InChI is InChI=1S/C14H13BN2O/c1-10-5-7-12(8-6-10)16-14(18)17-13-4-2-3-11(15)9-13/h2-9H,1H3,(H2,16,17,18). The van der Waals surface area contributed by atoms with E-state index in [-0.39, 0.29) is 6.03 Å². The minimum Gasteiger partial charge on any atom is -0.308 e. The summed E-state index contributed by atoms with van der Waals surface area (Å²) in [4.78, 5) is 11.7. The number of hydrogen-bond donors (Lipinski definition) is 2. The van der Waals surface area contributed by atoms with Crippen molar-refractivity contribution in [1.82, 2.24) is 0 Å². The summed E-state index contributed by atoms with van der Waals surface area (Å²) in [6.45, 7) is 2.00. The fourth-order valence-corrected chi connectivity index (χ4v) is 1.55. The van der Waals surface area contributed by atoms with E-state index >= 15 is 0 Å². The lowest BCUT2D eigenvalue weighted by Crippen LogP contribution is -2.20. The van der Waals surface area contributed by atoms with Crippen molar-refractivity contribution in [3.63, 3.8) is 0 Å². The van der Waals surface area contributed by atoms with Gasteiger partial charge < -0.3 is 10.6 Å². The van der Waals surface area contributed by atoms with Gasteiger partial charge in [0.2, 0.25) is 0 Å². The van der Waals surface area contributed by atoms with Gasteiger partial charge in [-0.05, 0) is 31.2 Å². The van der Waals surface area contributed by atoms with Gasteiger partial charge in [-0.3, -0.25) is 0 Å². The normalized spacial score (nSPS) is 9.83. The third-order valence-electron chi connectivity index (χ3n) is 2.45. The Bertz CT molecular complexity index is 552. The Kier molecular flexibility index (Phi) is 3.67. The van der Waals surface area contributed by atoms with Crippen LogP contribution in [0.5, 0.6) is 0 Å². The molecule has 0 heterocycles. The average molecular weight is 236 g/mol. The van der Waals surface area contributed by atoms with Crippen LogP contribution in [0.1, 0.15) is 5.56 Å². The van der Waals surface area contributed by atoms with Crippen LogP contribution in [0.15, 0.2) is 48.5 Å². The molecule has 0 aromatic heterocycles. The number of rotatable bonds is 2. The number of benzene rings is 2. The van der Waals surface area contributed by atoms with Gasteiger partial charge in [0, 0.05) is 11.4 Å². The summed E-state index contributed by atoms with van der Waals surface area (Å²) >= 11 is 0. The average Bonchev–Trinajstić information content (AvgIpc) is 2.32. The van der Waals surface area contributed by atoms with Crippen molar-refractivity contribution in [3.8, 4) is 0 Å². The van der Waals surface area contributed by atoms with Crippen LogP contribution in [0, 0.1) is 6.92 Å². The molecule has 0 aliphatic heterocycles. The molecule has 4 heteroatoms. The monoisotopic (exact) mass is 236 g/mol. The maximum absolute atomic E-state index is 11.7. The number of aryl methyl sites for hydroxylation is 1. The van der Waals surface area contributed by atoms with Crippen molar-refractivity contribution in [2.75, 3.05) is 10.6 Å². The molecule has 2 amide bonds. The molecule has 0 aliphatic rings. The molecule has 0 saturated carbocycles. The smallest absolute Gasteiger partial charge is 0.308 e. The third-order valence-corrected chi connectivity index (χ3v) is 2.45. The Morgan fingerprint density at radius 3 is 2.33 bits per heavy atom. The Morgan fingerprint density at radius 2 is 1.67 bits per heavy atom. The largest absolute Gasteiger partial charge is 0.323 e. The van der Waals surface area contributed by atoms with E-state index in [0.29, 0.717) is 11.2 Å². The minimum absolute atomic E-state index is 0.288. The van der Waals surface area contributed by atoms with Crippen molar-refractivity contribution in [3.05, 3.63) is 54.1 Å². The Balaban J connectivity index is 1.98. The number of urea groups is 1. The zero-order valence-electron chi connectivity index (χ0n) is 10.1. The van der Waals surface area contributed by atoms with Gasteiger partial charge in [0.25, 0.3) is 0 Å². The van der Waals surface area contributed by atoms with E-state index in [4.69, 9.17) is 7.85 Å². The summed E-state index contributed by atoms with van der Waals surface area (Å²) < 4.78 is 0. The van der Waals surface area contributed by atoms with Crippen LogP contribution < -0.4 is 16.1 Å². The zero-order chi connectivity index (χ0) is 13.0. The molecular formula is C14H13BN2O. The lowest BCUT2D eigenvalue weighted by atomic mass is 9.96. The molecule has 0 spiro atoms. The van der Waals surface area contributed by atoms with Crippen LogP contribution in [0.2, 0.25) is 0 Å². The zero-order valence-corrected chi connectivity index (χ0v) is 10.1. The second-order valence-corrected chi connectivity index (χ2v) is 4.07. The van der Waals surface area contributed by atoms with Crippen molar-refractivity contribution < 1.29 is 4.79 Å². The van der Waals surface area contributed by atoms with Crippen LogP contribution in [-0.2, 0) is 0 Å². The molecule has 2 rings (SSSR count). The van der Waals surface area contributed by atoms with E-state index in [2.05, 4.69) is 10.6 Å². The quantitative estimate of drug-likeness (QED) is 0.772. The van der Waals surface area contributed by atoms with Gasteiger partial charge in [-0.15, -0.1) is 0 Å². The molecule has 2 aromatic carbocycles. The summed E-state index contributed by atoms with van der Waals surface area (Å²) in [5, 5.41) is 5.46. The summed E-state index contributed by atoms with van der Waals surface area (Å²) in [5.74, 6) is 0. The maximum Gasteiger partial charge on any atom is 0.323 e. The first-order valence-electron chi connectivity index (χ1n) is 5.64. The number of hydrogen-bond acceptors (Lipinski definition) is 1. The van der Waals surface area contributed by atoms with E-state index < -0.39 is 0 Å². The van der Waals surface area contributed by atoms with Crippen LogP contribution in [0.4, 0.5) is 16.2 Å². The Hall–Kier alpha value is -2.23. The predicted octanol–water partition coefficient (Wildman–Crippen LogP) is 2.43. The molecule has 3 nitrogen and oxygen atoms in total.